The third kappa shape index (κ3) is 4.09. The average Bonchev–Trinajstić information content (AvgIpc) is 2.55. The number of rotatable bonds is 4. The lowest BCUT2D eigenvalue weighted by Crippen LogP contribution is -2.59. The molecule has 27 heavy (non-hydrogen) atoms. The minimum atomic E-state index is -1.62. The molecule has 7 heteroatoms. The van der Waals surface area contributed by atoms with Gasteiger partial charge >= 0.3 is 6.09 Å². The van der Waals surface area contributed by atoms with Crippen molar-refractivity contribution in [3.8, 4) is 0 Å². The zero-order valence-electron chi connectivity index (χ0n) is 15.4. The quantitative estimate of drug-likeness (QED) is 0.626. The lowest BCUT2D eigenvalue weighted by Gasteiger charge is -2.46. The Balaban J connectivity index is 2.75. The largest absolute Gasteiger partial charge is 0.465 e. The minimum Gasteiger partial charge on any atom is -0.465 e. The highest BCUT2D eigenvalue weighted by Crippen LogP contribution is 2.38. The van der Waals surface area contributed by atoms with E-state index in [1.165, 1.54) is 19.1 Å². The third-order valence-corrected chi connectivity index (χ3v) is 4.90. The molecule has 1 atom stereocenters. The first-order valence-corrected chi connectivity index (χ1v) is 8.93. The third-order valence-electron chi connectivity index (χ3n) is 4.34. The van der Waals surface area contributed by atoms with E-state index in [0.29, 0.717) is 10.6 Å². The minimum absolute atomic E-state index is 0.0184. The van der Waals surface area contributed by atoms with Crippen molar-refractivity contribution in [2.75, 3.05) is 0 Å². The number of hydrogen-bond acceptors (Lipinski definition) is 2. The van der Waals surface area contributed by atoms with Crippen molar-refractivity contribution in [3.63, 3.8) is 0 Å². The van der Waals surface area contributed by atoms with Gasteiger partial charge in [-0.1, -0.05) is 35.3 Å². The van der Waals surface area contributed by atoms with Crippen molar-refractivity contribution in [1.82, 2.24) is 4.90 Å². The van der Waals surface area contributed by atoms with Crippen LogP contribution in [0.1, 0.15) is 43.6 Å². The summed E-state index contributed by atoms with van der Waals surface area (Å²) in [7, 11) is 0. The van der Waals surface area contributed by atoms with Gasteiger partial charge in [0.15, 0.2) is 5.78 Å². The topological polar surface area (TPSA) is 57.6 Å². The predicted molar refractivity (Wildman–Crippen MR) is 104 cm³/mol. The number of benzene rings is 2. The van der Waals surface area contributed by atoms with E-state index in [4.69, 9.17) is 23.2 Å². The van der Waals surface area contributed by atoms with Gasteiger partial charge in [0.1, 0.15) is 11.4 Å². The second-order valence-corrected chi connectivity index (χ2v) is 8.17. The van der Waals surface area contributed by atoms with Gasteiger partial charge in [0, 0.05) is 16.1 Å². The van der Waals surface area contributed by atoms with Crippen LogP contribution in [0.4, 0.5) is 9.18 Å². The summed E-state index contributed by atoms with van der Waals surface area (Å²) in [6.07, 6.45) is -1.28. The fourth-order valence-corrected chi connectivity index (χ4v) is 3.45. The van der Waals surface area contributed by atoms with Crippen molar-refractivity contribution in [2.45, 2.75) is 38.8 Å². The molecular weight excluding hydrogens is 392 g/mol. The summed E-state index contributed by atoms with van der Waals surface area (Å²) in [6, 6.07) is 10.0. The Labute approximate surface area is 167 Å². The van der Waals surface area contributed by atoms with Crippen molar-refractivity contribution in [3.05, 3.63) is 69.5 Å². The molecule has 1 N–H and O–H groups in total. The van der Waals surface area contributed by atoms with Gasteiger partial charge in [-0.15, -0.1) is 0 Å². The lowest BCUT2D eigenvalue weighted by atomic mass is 9.80. The first-order chi connectivity index (χ1) is 12.4. The van der Waals surface area contributed by atoms with Gasteiger partial charge in [-0.2, -0.15) is 0 Å². The van der Waals surface area contributed by atoms with Crippen LogP contribution in [0.25, 0.3) is 0 Å². The van der Waals surface area contributed by atoms with Gasteiger partial charge < -0.3 is 5.11 Å². The van der Waals surface area contributed by atoms with E-state index in [1.54, 1.807) is 45.0 Å². The molecular formula is C20H20Cl2FNO3. The van der Waals surface area contributed by atoms with Crippen LogP contribution in [0.5, 0.6) is 0 Å². The molecule has 0 spiro atoms. The Bertz CT molecular complexity index is 878. The molecule has 144 valence electrons. The van der Waals surface area contributed by atoms with Crippen LogP contribution in [-0.4, -0.2) is 27.4 Å². The summed E-state index contributed by atoms with van der Waals surface area (Å²) >= 11 is 11.7. The normalized spacial score (nSPS) is 13.7. The van der Waals surface area contributed by atoms with E-state index in [-0.39, 0.29) is 10.6 Å². The fraction of sp³-hybridized carbons (Fsp3) is 0.300. The fourth-order valence-electron chi connectivity index (χ4n) is 3.20. The molecule has 0 aliphatic heterocycles. The molecule has 2 rings (SSSR count). The van der Waals surface area contributed by atoms with Crippen LogP contribution in [0.15, 0.2) is 42.5 Å². The number of carboxylic acid groups (broad SMARTS) is 1. The number of amides is 1. The maximum Gasteiger partial charge on any atom is 0.408 e. The highest BCUT2D eigenvalue weighted by atomic mass is 35.5. The molecule has 2 aromatic carbocycles. The van der Waals surface area contributed by atoms with E-state index >= 15 is 0 Å². The summed E-state index contributed by atoms with van der Waals surface area (Å²) in [6.45, 7) is 6.56. The van der Waals surface area contributed by atoms with Crippen LogP contribution in [0, 0.1) is 5.82 Å². The molecule has 4 nitrogen and oxygen atoms in total. The Morgan fingerprint density at radius 2 is 1.56 bits per heavy atom. The number of carbonyl (C=O) groups is 2. The SMILES string of the molecule is CC(C)(C)N(C(=O)O)C(C)(C(=O)c1ccc(Cl)c(F)c1)c1ccc(Cl)cc1. The molecule has 0 heterocycles. The van der Waals surface area contributed by atoms with Crippen LogP contribution < -0.4 is 0 Å². The van der Waals surface area contributed by atoms with Crippen molar-refractivity contribution in [1.29, 1.82) is 0 Å². The number of ketones is 1. The van der Waals surface area contributed by atoms with Gasteiger partial charge in [-0.3, -0.25) is 9.69 Å². The van der Waals surface area contributed by atoms with Gasteiger partial charge in [-0.05, 0) is 63.6 Å². The number of carbonyl (C=O) groups excluding carboxylic acids is 1. The predicted octanol–water partition coefficient (Wildman–Crippen LogP) is 6.01. The zero-order valence-corrected chi connectivity index (χ0v) is 16.9. The molecule has 0 aliphatic carbocycles. The van der Waals surface area contributed by atoms with E-state index < -0.39 is 28.8 Å². The smallest absolute Gasteiger partial charge is 0.408 e. The Morgan fingerprint density at radius 1 is 1.00 bits per heavy atom. The van der Waals surface area contributed by atoms with E-state index in [9.17, 15) is 19.1 Å². The summed E-state index contributed by atoms with van der Waals surface area (Å²) in [5.41, 5.74) is -2.09. The molecule has 1 unspecified atom stereocenters. The van der Waals surface area contributed by atoms with Gasteiger partial charge in [-0.25, -0.2) is 9.18 Å². The van der Waals surface area contributed by atoms with Crippen molar-refractivity contribution >= 4 is 35.1 Å². The number of hydrogen-bond donors (Lipinski definition) is 1. The lowest BCUT2D eigenvalue weighted by molar-refractivity contribution is 0.0214. The Kier molecular flexibility index (Phi) is 5.88. The molecule has 2 aromatic rings. The van der Waals surface area contributed by atoms with Crippen LogP contribution >= 0.6 is 23.2 Å². The molecule has 0 fully saturated rings. The van der Waals surface area contributed by atoms with Crippen molar-refractivity contribution in [2.24, 2.45) is 0 Å². The van der Waals surface area contributed by atoms with Gasteiger partial charge in [0.05, 0.1) is 5.02 Å². The van der Waals surface area contributed by atoms with Crippen LogP contribution in [-0.2, 0) is 5.54 Å². The number of Topliss-reactive ketones (excluding diaryl/α,β-unsaturated/α-hetero) is 1. The standard InChI is InChI=1S/C20H20Cl2FNO3/c1-19(2,3)24(18(26)27)20(4,13-6-8-14(21)9-7-13)17(25)12-5-10-15(22)16(23)11-12/h5-11H,1-4H3,(H,26,27). The monoisotopic (exact) mass is 411 g/mol. The second kappa shape index (κ2) is 7.49. The number of halogens is 3. The Morgan fingerprint density at radius 3 is 2.00 bits per heavy atom. The second-order valence-electron chi connectivity index (χ2n) is 7.33. The summed E-state index contributed by atoms with van der Waals surface area (Å²) in [5.74, 6) is -1.32. The van der Waals surface area contributed by atoms with E-state index in [0.717, 1.165) is 11.0 Å². The molecule has 0 saturated carbocycles. The van der Waals surface area contributed by atoms with Crippen molar-refractivity contribution < 1.29 is 19.1 Å². The van der Waals surface area contributed by atoms with Gasteiger partial charge in [0.2, 0.25) is 0 Å². The Hall–Kier alpha value is -2.11. The first kappa shape index (κ1) is 21.2. The van der Waals surface area contributed by atoms with E-state index in [1.807, 2.05) is 0 Å². The highest BCUT2D eigenvalue weighted by Gasteiger charge is 2.49. The van der Waals surface area contributed by atoms with Gasteiger partial charge in [0.25, 0.3) is 0 Å². The molecule has 0 aromatic heterocycles. The molecule has 0 bridgehead atoms. The summed E-state index contributed by atoms with van der Waals surface area (Å²) in [5, 5.41) is 10.2. The molecule has 0 aliphatic rings. The summed E-state index contributed by atoms with van der Waals surface area (Å²) in [4.78, 5) is 26.7. The van der Waals surface area contributed by atoms with Crippen LogP contribution in [0.2, 0.25) is 10.0 Å². The zero-order chi connectivity index (χ0) is 20.6. The molecule has 1 amide bonds. The molecule has 0 saturated heterocycles. The van der Waals surface area contributed by atoms with Crippen LogP contribution in [0.3, 0.4) is 0 Å². The molecule has 0 radical (unpaired) electrons. The number of nitrogens with zero attached hydrogens (tertiary/aromatic N) is 1. The van der Waals surface area contributed by atoms with E-state index in [2.05, 4.69) is 0 Å². The first-order valence-electron chi connectivity index (χ1n) is 8.18. The maximum atomic E-state index is 13.9. The average molecular weight is 412 g/mol. The summed E-state index contributed by atoms with van der Waals surface area (Å²) < 4.78 is 13.9. The highest BCUT2D eigenvalue weighted by molar-refractivity contribution is 6.31. The maximum absolute atomic E-state index is 13.9.